The number of rotatable bonds is 8. The van der Waals surface area contributed by atoms with Gasteiger partial charge in [-0.3, -0.25) is 4.98 Å². The number of aromatic nitrogens is 3. The van der Waals surface area contributed by atoms with Crippen LogP contribution in [0.1, 0.15) is 62.1 Å². The number of hydrogen-bond acceptors (Lipinski definition) is 8. The highest BCUT2D eigenvalue weighted by atomic mass is 32.2. The summed E-state index contributed by atoms with van der Waals surface area (Å²) >= 11 is 1.58. The van der Waals surface area contributed by atoms with Crippen LogP contribution in [0.3, 0.4) is 0 Å². The van der Waals surface area contributed by atoms with Crippen molar-refractivity contribution < 1.29 is 9.68 Å². The number of fused-ring (bicyclic) bond motifs is 1. The third kappa shape index (κ3) is 6.50. The Labute approximate surface area is 188 Å². The van der Waals surface area contributed by atoms with Crippen LogP contribution in [0, 0.1) is 19.3 Å². The van der Waals surface area contributed by atoms with Crippen molar-refractivity contribution in [2.24, 2.45) is 15.7 Å². The molecule has 0 bridgehead atoms. The monoisotopic (exact) mass is 441 g/mol. The van der Waals surface area contributed by atoms with Crippen LogP contribution in [0.2, 0.25) is 0 Å². The molecule has 0 aliphatic heterocycles. The summed E-state index contributed by atoms with van der Waals surface area (Å²) in [5, 5.41) is 9.54. The summed E-state index contributed by atoms with van der Waals surface area (Å²) < 4.78 is 0. The van der Waals surface area contributed by atoms with E-state index in [1.807, 2.05) is 33.1 Å². The number of nitrogens with zero attached hydrogens (tertiary/aromatic N) is 5. The maximum atomic E-state index is 5.71. The molecule has 1 aliphatic carbocycles. The summed E-state index contributed by atoms with van der Waals surface area (Å²) in [7, 11) is 0. The zero-order chi connectivity index (χ0) is 22.4. The molecule has 1 aliphatic rings. The second-order valence-corrected chi connectivity index (χ2v) is 9.44. The predicted molar refractivity (Wildman–Crippen MR) is 125 cm³/mol. The van der Waals surface area contributed by atoms with E-state index in [1.54, 1.807) is 11.8 Å². The van der Waals surface area contributed by atoms with E-state index < -0.39 is 0 Å². The normalized spacial score (nSPS) is 15.7. The first kappa shape index (κ1) is 23.2. The summed E-state index contributed by atoms with van der Waals surface area (Å²) in [6.45, 7) is 10.7. The van der Waals surface area contributed by atoms with Gasteiger partial charge in [-0.1, -0.05) is 30.2 Å². The Morgan fingerprint density at radius 1 is 1.06 bits per heavy atom. The largest absolute Gasteiger partial charge is 0.395 e. The molecule has 0 radical (unpaired) electrons. The fourth-order valence-corrected chi connectivity index (χ4v) is 3.63. The second kappa shape index (κ2) is 10.2. The molecule has 8 heteroatoms. The molecule has 2 heterocycles. The minimum Gasteiger partial charge on any atom is -0.395 e. The van der Waals surface area contributed by atoms with Gasteiger partial charge in [-0.2, -0.15) is 0 Å². The van der Waals surface area contributed by atoms with Gasteiger partial charge in [0.25, 0.3) is 0 Å². The third-order valence-corrected chi connectivity index (χ3v) is 5.53. The van der Waals surface area contributed by atoms with Crippen LogP contribution in [-0.4, -0.2) is 45.8 Å². The van der Waals surface area contributed by atoms with Crippen LogP contribution in [0.25, 0.3) is 0 Å². The number of hydrogen-bond donors (Lipinski definition) is 0. The lowest BCUT2D eigenvalue weighted by Crippen LogP contribution is -2.24. The van der Waals surface area contributed by atoms with Gasteiger partial charge in [-0.25, -0.2) is 9.97 Å². The van der Waals surface area contributed by atoms with E-state index in [0.717, 1.165) is 47.1 Å². The van der Waals surface area contributed by atoms with Crippen LogP contribution in [-0.2, 0) is 16.1 Å². The molecule has 0 spiro atoms. The molecule has 0 saturated heterocycles. The van der Waals surface area contributed by atoms with Gasteiger partial charge in [0.15, 0.2) is 5.82 Å². The molecular formula is C23H31N5O2S. The van der Waals surface area contributed by atoms with Crippen molar-refractivity contribution in [1.82, 2.24) is 15.0 Å². The lowest BCUT2D eigenvalue weighted by Gasteiger charge is -2.22. The first-order chi connectivity index (χ1) is 14.8. The van der Waals surface area contributed by atoms with Crippen molar-refractivity contribution in [3.8, 4) is 0 Å². The van der Waals surface area contributed by atoms with Gasteiger partial charge in [0.2, 0.25) is 0 Å². The highest BCUT2D eigenvalue weighted by Crippen LogP contribution is 2.22. The molecule has 0 saturated carbocycles. The van der Waals surface area contributed by atoms with Crippen molar-refractivity contribution >= 4 is 23.2 Å². The maximum absolute atomic E-state index is 5.71. The number of oxime groups is 2. The average molecular weight is 442 g/mol. The molecular weight excluding hydrogens is 410 g/mol. The molecule has 0 N–H and O–H groups in total. The highest BCUT2D eigenvalue weighted by Gasteiger charge is 2.22. The number of aryl methyl sites for hydroxylation is 3. The molecule has 7 nitrogen and oxygen atoms in total. The average Bonchev–Trinajstić information content (AvgIpc) is 2.73. The molecule has 166 valence electrons. The third-order valence-electron chi connectivity index (χ3n) is 4.90. The van der Waals surface area contributed by atoms with E-state index >= 15 is 0 Å². The summed E-state index contributed by atoms with van der Waals surface area (Å²) in [5.41, 5.74) is 5.44. The minimum atomic E-state index is -0.261. The summed E-state index contributed by atoms with van der Waals surface area (Å²) in [4.78, 5) is 24.9. The van der Waals surface area contributed by atoms with Crippen molar-refractivity contribution in [3.63, 3.8) is 0 Å². The van der Waals surface area contributed by atoms with E-state index in [9.17, 15) is 0 Å². The predicted octanol–water partition coefficient (Wildman–Crippen LogP) is 4.73. The van der Waals surface area contributed by atoms with Gasteiger partial charge in [0.1, 0.15) is 29.7 Å². The number of pyridine rings is 1. The zero-order valence-corrected chi connectivity index (χ0v) is 20.0. The molecule has 0 fully saturated rings. The van der Waals surface area contributed by atoms with Gasteiger partial charge in [0, 0.05) is 16.8 Å². The van der Waals surface area contributed by atoms with Gasteiger partial charge in [-0.05, 0) is 64.0 Å². The van der Waals surface area contributed by atoms with Crippen molar-refractivity contribution in [1.29, 1.82) is 0 Å². The zero-order valence-electron chi connectivity index (χ0n) is 19.2. The molecule has 0 aromatic carbocycles. The van der Waals surface area contributed by atoms with Gasteiger partial charge in [0.05, 0.1) is 5.69 Å². The smallest absolute Gasteiger partial charge is 0.178 e. The van der Waals surface area contributed by atoms with Crippen LogP contribution >= 0.6 is 11.8 Å². The van der Waals surface area contributed by atoms with E-state index in [0.29, 0.717) is 24.7 Å². The minimum absolute atomic E-state index is 0.261. The molecule has 3 rings (SSSR count). The molecule has 0 amide bonds. The van der Waals surface area contributed by atoms with Crippen LogP contribution in [0.15, 0.2) is 33.5 Å². The summed E-state index contributed by atoms with van der Waals surface area (Å²) in [6, 6.07) is 6.14. The SMILES string of the molecule is CSc1cc(C)nc(/C(C)=N/OCC(C)(C)CO/N=C2\CCCc3ccc(C)nc32)n1. The summed E-state index contributed by atoms with van der Waals surface area (Å²) in [5.74, 6) is 0.587. The van der Waals surface area contributed by atoms with Gasteiger partial charge >= 0.3 is 0 Å². The lowest BCUT2D eigenvalue weighted by atomic mass is 9.94. The van der Waals surface area contributed by atoms with Crippen molar-refractivity contribution in [2.45, 2.75) is 58.9 Å². The lowest BCUT2D eigenvalue weighted by molar-refractivity contribution is -0.000179. The molecule has 2 aromatic rings. The van der Waals surface area contributed by atoms with E-state index in [1.165, 1.54) is 5.56 Å². The molecule has 0 unspecified atom stereocenters. The maximum Gasteiger partial charge on any atom is 0.178 e. The van der Waals surface area contributed by atoms with Crippen molar-refractivity contribution in [2.75, 3.05) is 19.5 Å². The van der Waals surface area contributed by atoms with E-state index in [4.69, 9.17) is 9.68 Å². The van der Waals surface area contributed by atoms with Crippen LogP contribution < -0.4 is 0 Å². The Balaban J connectivity index is 1.56. The van der Waals surface area contributed by atoms with E-state index in [2.05, 4.69) is 51.2 Å². The Bertz CT molecular complexity index is 988. The molecule has 31 heavy (non-hydrogen) atoms. The fourth-order valence-electron chi connectivity index (χ4n) is 3.17. The first-order valence-electron chi connectivity index (χ1n) is 10.5. The second-order valence-electron chi connectivity index (χ2n) is 8.61. The van der Waals surface area contributed by atoms with Gasteiger partial charge in [-0.15, -0.1) is 11.8 Å². The van der Waals surface area contributed by atoms with Gasteiger partial charge < -0.3 is 9.68 Å². The Kier molecular flexibility index (Phi) is 7.64. The molecule has 0 atom stereocenters. The van der Waals surface area contributed by atoms with Crippen LogP contribution in [0.5, 0.6) is 0 Å². The molecule has 2 aromatic heterocycles. The number of thioether (sulfide) groups is 1. The first-order valence-corrected chi connectivity index (χ1v) is 11.7. The Morgan fingerprint density at radius 3 is 2.61 bits per heavy atom. The van der Waals surface area contributed by atoms with Crippen molar-refractivity contribution in [3.05, 3.63) is 46.7 Å². The summed E-state index contributed by atoms with van der Waals surface area (Å²) in [6.07, 6.45) is 4.99. The van der Waals surface area contributed by atoms with Crippen LogP contribution in [0.4, 0.5) is 0 Å². The Hall–Kier alpha value is -2.48. The standard InChI is InChI=1S/C23H31N5O2S/c1-15-10-11-18-8-7-9-19(21(18)24-15)28-30-14-23(4,5)13-29-27-17(3)22-25-16(2)12-20(26-22)31-6/h10-12H,7-9,13-14H2,1-6H3/b27-17+,28-19+. The fraction of sp³-hybridized carbons (Fsp3) is 0.522. The highest BCUT2D eigenvalue weighted by molar-refractivity contribution is 7.98. The topological polar surface area (TPSA) is 81.9 Å². The quantitative estimate of drug-likeness (QED) is 0.255. The Morgan fingerprint density at radius 2 is 1.84 bits per heavy atom. The van der Waals surface area contributed by atoms with E-state index in [-0.39, 0.29) is 5.41 Å².